The van der Waals surface area contributed by atoms with E-state index in [2.05, 4.69) is 15.5 Å². The van der Waals surface area contributed by atoms with Crippen LogP contribution in [-0.2, 0) is 29.3 Å². The fourth-order valence-electron chi connectivity index (χ4n) is 6.46. The third kappa shape index (κ3) is 8.05. The van der Waals surface area contributed by atoms with Crippen molar-refractivity contribution in [2.75, 3.05) is 53.0 Å². The van der Waals surface area contributed by atoms with E-state index in [-0.39, 0.29) is 42.6 Å². The predicted molar refractivity (Wildman–Crippen MR) is 176 cm³/mol. The number of nitro groups is 1. The summed E-state index contributed by atoms with van der Waals surface area (Å²) in [7, 11) is 1.42. The number of allylic oxidation sites excluding steroid dienone is 1. The van der Waals surface area contributed by atoms with Crippen LogP contribution >= 0.6 is 0 Å². The van der Waals surface area contributed by atoms with Gasteiger partial charge < -0.3 is 36.5 Å². The molecule has 47 heavy (non-hydrogen) atoms. The molecule has 0 saturated carbocycles. The molecule has 4 rings (SSSR count). The Labute approximate surface area is 274 Å². The zero-order chi connectivity index (χ0) is 34.0. The first-order valence-electron chi connectivity index (χ1n) is 15.9. The minimum absolute atomic E-state index is 0.0378. The van der Waals surface area contributed by atoms with Crippen molar-refractivity contribution in [1.82, 2.24) is 15.5 Å². The zero-order valence-electron chi connectivity index (χ0n) is 27.0. The smallest absolute Gasteiger partial charge is 0.316 e. The number of piperidine rings is 1. The molecule has 0 bridgehead atoms. The maximum atomic E-state index is 13.9. The number of benzene rings is 2. The molecule has 0 radical (unpaired) electrons. The van der Waals surface area contributed by atoms with E-state index >= 15 is 0 Å². The van der Waals surface area contributed by atoms with Crippen LogP contribution in [0, 0.1) is 10.1 Å². The molecule has 2 amide bonds. The molecule has 13 nitrogen and oxygen atoms in total. The summed E-state index contributed by atoms with van der Waals surface area (Å²) in [6, 6.07) is 15.5. The van der Waals surface area contributed by atoms with Crippen molar-refractivity contribution in [3.05, 3.63) is 98.4 Å². The molecule has 1 fully saturated rings. The summed E-state index contributed by atoms with van der Waals surface area (Å²) in [5.41, 5.74) is 13.7. The maximum Gasteiger partial charge on any atom is 0.316 e. The minimum atomic E-state index is -0.868. The van der Waals surface area contributed by atoms with Gasteiger partial charge in [-0.05, 0) is 56.4 Å². The average molecular weight is 649 g/mol. The first-order valence-corrected chi connectivity index (χ1v) is 15.9. The van der Waals surface area contributed by atoms with Gasteiger partial charge >= 0.3 is 5.97 Å². The molecule has 1 saturated heterocycles. The molecule has 2 aliphatic heterocycles. The standard InChI is InChI=1S/C34H44N6O7/c1-3-26-29(31(36)41)28(23-10-12-25(13-11-23)40(44)45)30(27(38-26)22-47-21-16-35)32(42)37-17-7-18-39-19-14-34(15-20-39,33(43)46-2)24-8-5-4-6-9-24/h4-6,8-13,28,38H,3,7,14-22,35H2,1-2H3,(H2,36,41)(H,37,42). The number of rotatable bonds is 15. The highest BCUT2D eigenvalue weighted by Gasteiger charge is 2.44. The number of carbonyl (C=O) groups is 3. The molecule has 2 aliphatic rings. The third-order valence-electron chi connectivity index (χ3n) is 8.89. The molecule has 2 heterocycles. The summed E-state index contributed by atoms with van der Waals surface area (Å²) in [6.07, 6.45) is 2.32. The Morgan fingerprint density at radius 2 is 1.74 bits per heavy atom. The molecular formula is C34H44N6O7. The Bertz CT molecular complexity index is 1500. The van der Waals surface area contributed by atoms with Crippen LogP contribution in [0.1, 0.15) is 49.7 Å². The van der Waals surface area contributed by atoms with Crippen molar-refractivity contribution in [2.24, 2.45) is 11.5 Å². The number of nitrogens with one attached hydrogen (secondary N) is 2. The number of hydrogen-bond acceptors (Lipinski definition) is 10. The number of methoxy groups -OCH3 is 1. The molecule has 6 N–H and O–H groups in total. The lowest BCUT2D eigenvalue weighted by molar-refractivity contribution is -0.384. The van der Waals surface area contributed by atoms with Crippen molar-refractivity contribution >= 4 is 23.5 Å². The fraction of sp³-hybridized carbons (Fsp3) is 0.441. The fourth-order valence-corrected chi connectivity index (χ4v) is 6.46. The molecule has 0 aliphatic carbocycles. The SMILES string of the molecule is CCC1=C(C(N)=O)C(c2ccc([N+](=O)[O-])cc2)C(C(=O)NCCCN2CCC(C(=O)OC)(c3ccccc3)CC2)=C(COCCN)N1. The topological polar surface area (TPSA) is 192 Å². The Kier molecular flexibility index (Phi) is 12.2. The van der Waals surface area contributed by atoms with E-state index < -0.39 is 28.1 Å². The number of hydrogen-bond donors (Lipinski definition) is 4. The molecular weight excluding hydrogens is 604 g/mol. The van der Waals surface area contributed by atoms with Crippen LogP contribution in [0.15, 0.2) is 77.1 Å². The van der Waals surface area contributed by atoms with E-state index in [0.29, 0.717) is 68.8 Å². The molecule has 252 valence electrons. The van der Waals surface area contributed by atoms with E-state index in [1.165, 1.54) is 31.4 Å². The van der Waals surface area contributed by atoms with Crippen molar-refractivity contribution in [3.63, 3.8) is 0 Å². The van der Waals surface area contributed by atoms with Gasteiger partial charge in [-0.1, -0.05) is 49.4 Å². The average Bonchev–Trinajstić information content (AvgIpc) is 3.09. The van der Waals surface area contributed by atoms with E-state index in [9.17, 15) is 24.5 Å². The highest BCUT2D eigenvalue weighted by Crippen LogP contribution is 2.40. The third-order valence-corrected chi connectivity index (χ3v) is 8.89. The van der Waals surface area contributed by atoms with Gasteiger partial charge in [-0.15, -0.1) is 0 Å². The van der Waals surface area contributed by atoms with Gasteiger partial charge in [0, 0.05) is 42.4 Å². The van der Waals surface area contributed by atoms with E-state index in [0.717, 1.165) is 5.56 Å². The van der Waals surface area contributed by atoms with E-state index in [4.69, 9.17) is 20.9 Å². The van der Waals surface area contributed by atoms with Crippen molar-refractivity contribution in [1.29, 1.82) is 0 Å². The first kappa shape index (κ1) is 35.3. The van der Waals surface area contributed by atoms with Crippen LogP contribution < -0.4 is 22.1 Å². The van der Waals surface area contributed by atoms with Crippen LogP contribution in [0.3, 0.4) is 0 Å². The summed E-state index contributed by atoms with van der Waals surface area (Å²) in [4.78, 5) is 52.7. The Morgan fingerprint density at radius 1 is 1.06 bits per heavy atom. The number of likely N-dealkylation sites (tertiary alicyclic amines) is 1. The highest BCUT2D eigenvalue weighted by atomic mass is 16.6. The van der Waals surface area contributed by atoms with Gasteiger partial charge in [0.15, 0.2) is 0 Å². The summed E-state index contributed by atoms with van der Waals surface area (Å²) in [6.45, 7) is 4.88. The van der Waals surface area contributed by atoms with Crippen LogP contribution in [0.25, 0.3) is 0 Å². The van der Waals surface area contributed by atoms with Crippen LogP contribution in [0.5, 0.6) is 0 Å². The van der Waals surface area contributed by atoms with Crippen molar-refractivity contribution in [3.8, 4) is 0 Å². The number of non-ortho nitro benzene ring substituents is 1. The second-order valence-electron chi connectivity index (χ2n) is 11.6. The Balaban J connectivity index is 1.49. The second-order valence-corrected chi connectivity index (χ2v) is 11.6. The second kappa shape index (κ2) is 16.3. The van der Waals surface area contributed by atoms with Crippen molar-refractivity contribution < 1.29 is 28.8 Å². The summed E-state index contributed by atoms with van der Waals surface area (Å²) >= 11 is 0. The normalized spacial score (nSPS) is 18.0. The number of amides is 2. The molecule has 0 spiro atoms. The number of nitrogens with zero attached hydrogens (tertiary/aromatic N) is 2. The Morgan fingerprint density at radius 3 is 2.32 bits per heavy atom. The maximum absolute atomic E-state index is 13.9. The highest BCUT2D eigenvalue weighted by molar-refractivity contribution is 6.03. The number of ether oxygens (including phenoxy) is 2. The molecule has 1 atom stereocenters. The predicted octanol–water partition coefficient (Wildman–Crippen LogP) is 2.37. The van der Waals surface area contributed by atoms with Gasteiger partial charge in [0.2, 0.25) is 11.8 Å². The van der Waals surface area contributed by atoms with Gasteiger partial charge in [-0.2, -0.15) is 0 Å². The van der Waals surface area contributed by atoms with Crippen LogP contribution in [-0.4, -0.2) is 80.7 Å². The van der Waals surface area contributed by atoms with Gasteiger partial charge in [-0.3, -0.25) is 24.5 Å². The Hall–Kier alpha value is -4.59. The minimum Gasteiger partial charge on any atom is -0.468 e. The molecule has 2 aromatic rings. The number of carbonyl (C=O) groups excluding carboxylic acids is 3. The van der Waals surface area contributed by atoms with Gasteiger partial charge in [0.05, 0.1) is 41.9 Å². The number of dihydropyridines is 1. The lowest BCUT2D eigenvalue weighted by Gasteiger charge is -2.40. The van der Waals surface area contributed by atoms with E-state index in [1.807, 2.05) is 37.3 Å². The monoisotopic (exact) mass is 648 g/mol. The number of esters is 1. The quantitative estimate of drug-likeness (QED) is 0.0965. The zero-order valence-corrected chi connectivity index (χ0v) is 27.0. The molecule has 13 heteroatoms. The summed E-state index contributed by atoms with van der Waals surface area (Å²) in [5.74, 6) is -2.20. The van der Waals surface area contributed by atoms with Gasteiger partial charge in [-0.25, -0.2) is 0 Å². The number of primary amides is 1. The van der Waals surface area contributed by atoms with Crippen LogP contribution in [0.2, 0.25) is 0 Å². The molecule has 0 aromatic heterocycles. The lowest BCUT2D eigenvalue weighted by atomic mass is 9.72. The van der Waals surface area contributed by atoms with Gasteiger partial charge in [0.1, 0.15) is 0 Å². The lowest BCUT2D eigenvalue weighted by Crippen LogP contribution is -2.48. The largest absolute Gasteiger partial charge is 0.468 e. The van der Waals surface area contributed by atoms with Crippen molar-refractivity contribution in [2.45, 2.75) is 43.9 Å². The number of nitrogens with two attached hydrogens (primary N) is 2. The molecule has 2 aromatic carbocycles. The first-order chi connectivity index (χ1) is 22.7. The van der Waals surface area contributed by atoms with E-state index in [1.54, 1.807) is 0 Å². The number of nitro benzene ring substituents is 1. The van der Waals surface area contributed by atoms with Crippen LogP contribution in [0.4, 0.5) is 5.69 Å². The summed E-state index contributed by atoms with van der Waals surface area (Å²) < 4.78 is 10.9. The molecule has 1 unspecified atom stereocenters. The van der Waals surface area contributed by atoms with Gasteiger partial charge in [0.25, 0.3) is 5.69 Å². The summed E-state index contributed by atoms with van der Waals surface area (Å²) in [5, 5.41) is 17.5.